The minimum atomic E-state index is -0.843. The van der Waals surface area contributed by atoms with Gasteiger partial charge in [0.15, 0.2) is 6.23 Å². The molecule has 0 unspecified atom stereocenters. The number of ether oxygens (including phenoxy) is 3. The van der Waals surface area contributed by atoms with E-state index in [0.29, 0.717) is 0 Å². The second-order valence-electron chi connectivity index (χ2n) is 4.90. The normalized spacial score (nSPS) is 26.7. The lowest BCUT2D eigenvalue weighted by Crippen LogP contribution is -2.37. The van der Waals surface area contributed by atoms with E-state index in [1.165, 1.54) is 26.1 Å². The zero-order valence-electron chi connectivity index (χ0n) is 12.4. The maximum absolute atomic E-state index is 11.9. The Bertz CT molecular complexity index is 713. The van der Waals surface area contributed by atoms with Gasteiger partial charge in [-0.05, 0) is 0 Å². The largest absolute Gasteiger partial charge is 0.463 e. The molecule has 0 aromatic carbocycles. The monoisotopic (exact) mass is 390 g/mol. The molecule has 0 amide bonds. The molecular formula is C13H15BrN2O7. The van der Waals surface area contributed by atoms with Crippen molar-refractivity contribution in [3.63, 3.8) is 0 Å². The minimum Gasteiger partial charge on any atom is -0.463 e. The molecule has 10 heteroatoms. The molecule has 1 aromatic rings. The van der Waals surface area contributed by atoms with Gasteiger partial charge in [-0.2, -0.15) is 0 Å². The summed E-state index contributed by atoms with van der Waals surface area (Å²) in [5.41, 5.74) is -1.20. The Balaban J connectivity index is 2.27. The van der Waals surface area contributed by atoms with E-state index in [1.54, 1.807) is 0 Å². The van der Waals surface area contributed by atoms with E-state index in [9.17, 15) is 19.2 Å². The lowest BCUT2D eigenvalue weighted by Gasteiger charge is -2.19. The average molecular weight is 391 g/mol. The van der Waals surface area contributed by atoms with Crippen LogP contribution in [0.4, 0.5) is 0 Å². The fourth-order valence-electron chi connectivity index (χ4n) is 2.21. The molecule has 0 spiro atoms. The maximum atomic E-state index is 11.9. The van der Waals surface area contributed by atoms with Gasteiger partial charge in [0.2, 0.25) is 0 Å². The highest BCUT2D eigenvalue weighted by molar-refractivity contribution is 9.09. The van der Waals surface area contributed by atoms with Crippen LogP contribution in [0.3, 0.4) is 0 Å². The van der Waals surface area contributed by atoms with Gasteiger partial charge in [0.1, 0.15) is 18.8 Å². The van der Waals surface area contributed by atoms with Crippen LogP contribution >= 0.6 is 15.9 Å². The molecule has 1 saturated heterocycles. The van der Waals surface area contributed by atoms with E-state index < -0.39 is 46.5 Å². The Labute approximate surface area is 138 Å². The number of aromatic nitrogens is 2. The molecule has 23 heavy (non-hydrogen) atoms. The SMILES string of the molecule is CC(=O)OC[C@@H]1O[C@H](n2ccc(=O)[nH]c2=O)[C@@H](Br)[C@H]1OC(C)=O. The molecule has 1 N–H and O–H groups in total. The van der Waals surface area contributed by atoms with Gasteiger partial charge in [0.25, 0.3) is 5.56 Å². The first-order valence-corrected chi connectivity index (χ1v) is 7.62. The van der Waals surface area contributed by atoms with Crippen molar-refractivity contribution in [1.82, 2.24) is 9.55 Å². The van der Waals surface area contributed by atoms with E-state index in [2.05, 4.69) is 20.9 Å². The standard InChI is InChI=1S/C13H15BrN2O7/c1-6(17)21-5-8-11(22-7(2)18)10(14)12(23-8)16-4-3-9(19)15-13(16)20/h3-4,8,10-12H,5H2,1-2H3,(H,15,19,20)/t8-,10-,11-,12-/m0/s1. The Morgan fingerprint density at radius 2 is 2.04 bits per heavy atom. The Morgan fingerprint density at radius 3 is 2.61 bits per heavy atom. The van der Waals surface area contributed by atoms with Crippen LogP contribution in [-0.2, 0) is 23.8 Å². The number of hydrogen-bond acceptors (Lipinski definition) is 7. The number of carbonyl (C=O) groups excluding carboxylic acids is 2. The third-order valence-electron chi connectivity index (χ3n) is 3.15. The second kappa shape index (κ2) is 7.09. The summed E-state index contributed by atoms with van der Waals surface area (Å²) in [6.07, 6.45) is -1.09. The Kier molecular flexibility index (Phi) is 5.37. The number of H-pyrrole nitrogens is 1. The first-order chi connectivity index (χ1) is 10.8. The molecule has 2 rings (SSSR count). The van der Waals surface area contributed by atoms with Crippen molar-refractivity contribution in [2.45, 2.75) is 37.1 Å². The van der Waals surface area contributed by atoms with Gasteiger partial charge in [0, 0.05) is 26.1 Å². The summed E-state index contributed by atoms with van der Waals surface area (Å²) in [5, 5.41) is 0. The maximum Gasteiger partial charge on any atom is 0.330 e. The molecule has 1 aliphatic heterocycles. The van der Waals surface area contributed by atoms with Crippen molar-refractivity contribution in [3.05, 3.63) is 33.1 Å². The van der Waals surface area contributed by atoms with Gasteiger partial charge in [-0.25, -0.2) is 4.79 Å². The van der Waals surface area contributed by atoms with E-state index in [0.717, 1.165) is 4.57 Å². The van der Waals surface area contributed by atoms with Gasteiger partial charge >= 0.3 is 17.6 Å². The summed E-state index contributed by atoms with van der Waals surface area (Å²) >= 11 is 3.34. The van der Waals surface area contributed by atoms with E-state index in [1.807, 2.05) is 0 Å². The quantitative estimate of drug-likeness (QED) is 0.553. The van der Waals surface area contributed by atoms with Crippen LogP contribution in [-0.4, -0.2) is 45.1 Å². The number of rotatable bonds is 4. The van der Waals surface area contributed by atoms with Crippen LogP contribution < -0.4 is 11.2 Å². The average Bonchev–Trinajstić information content (AvgIpc) is 2.73. The molecule has 1 aromatic heterocycles. The number of hydrogen-bond donors (Lipinski definition) is 1. The van der Waals surface area contributed by atoms with Crippen molar-refractivity contribution in [3.8, 4) is 0 Å². The van der Waals surface area contributed by atoms with E-state index >= 15 is 0 Å². The molecule has 1 fully saturated rings. The van der Waals surface area contributed by atoms with Crippen LogP contribution in [0.1, 0.15) is 20.1 Å². The number of halogens is 1. The van der Waals surface area contributed by atoms with Gasteiger partial charge < -0.3 is 14.2 Å². The molecule has 0 aliphatic carbocycles. The Morgan fingerprint density at radius 1 is 1.35 bits per heavy atom. The smallest absolute Gasteiger partial charge is 0.330 e. The molecule has 1 aliphatic rings. The zero-order valence-corrected chi connectivity index (χ0v) is 13.9. The molecular weight excluding hydrogens is 376 g/mol. The first-order valence-electron chi connectivity index (χ1n) is 6.71. The number of aromatic amines is 1. The topological polar surface area (TPSA) is 117 Å². The number of nitrogens with zero attached hydrogens (tertiary/aromatic N) is 1. The fourth-order valence-corrected chi connectivity index (χ4v) is 3.04. The van der Waals surface area contributed by atoms with Crippen molar-refractivity contribution < 1.29 is 23.8 Å². The predicted octanol–water partition coefficient (Wildman–Crippen LogP) is -0.308. The molecule has 9 nitrogen and oxygen atoms in total. The highest BCUT2D eigenvalue weighted by Crippen LogP contribution is 2.35. The highest BCUT2D eigenvalue weighted by atomic mass is 79.9. The zero-order chi connectivity index (χ0) is 17.1. The van der Waals surface area contributed by atoms with Crippen molar-refractivity contribution >= 4 is 27.9 Å². The summed E-state index contributed by atoms with van der Waals surface area (Å²) in [4.78, 5) is 46.8. The molecule has 126 valence electrons. The van der Waals surface area contributed by atoms with Crippen molar-refractivity contribution in [1.29, 1.82) is 0 Å². The van der Waals surface area contributed by atoms with Crippen LogP contribution in [0.5, 0.6) is 0 Å². The summed E-state index contributed by atoms with van der Waals surface area (Å²) in [6.45, 7) is 2.34. The lowest BCUT2D eigenvalue weighted by atomic mass is 10.2. The van der Waals surface area contributed by atoms with Gasteiger partial charge in [-0.1, -0.05) is 15.9 Å². The summed E-state index contributed by atoms with van der Waals surface area (Å²) < 4.78 is 16.9. The number of alkyl halides is 1. The van der Waals surface area contributed by atoms with Crippen molar-refractivity contribution in [2.24, 2.45) is 0 Å². The van der Waals surface area contributed by atoms with Crippen LogP contribution in [0, 0.1) is 0 Å². The third kappa shape index (κ3) is 4.08. The van der Waals surface area contributed by atoms with Gasteiger partial charge in [-0.3, -0.25) is 23.9 Å². The molecule has 2 heterocycles. The highest BCUT2D eigenvalue weighted by Gasteiger charge is 2.47. The van der Waals surface area contributed by atoms with Gasteiger partial charge in [-0.15, -0.1) is 0 Å². The number of carbonyl (C=O) groups is 2. The summed E-state index contributed by atoms with van der Waals surface area (Å²) in [6, 6.07) is 1.17. The molecule has 0 saturated carbocycles. The second-order valence-corrected chi connectivity index (χ2v) is 5.96. The molecule has 0 bridgehead atoms. The minimum absolute atomic E-state index is 0.135. The number of esters is 2. The molecule has 0 radical (unpaired) electrons. The first kappa shape index (κ1) is 17.4. The fraction of sp³-hybridized carbons (Fsp3) is 0.538. The Hall–Kier alpha value is -1.94. The summed E-state index contributed by atoms with van der Waals surface area (Å²) in [7, 11) is 0. The van der Waals surface area contributed by atoms with Crippen molar-refractivity contribution in [2.75, 3.05) is 6.61 Å². The van der Waals surface area contributed by atoms with E-state index in [4.69, 9.17) is 14.2 Å². The summed E-state index contributed by atoms with van der Waals surface area (Å²) in [5.74, 6) is -1.05. The molecule has 4 atom stereocenters. The van der Waals surface area contributed by atoms with Crippen LogP contribution in [0.15, 0.2) is 21.9 Å². The number of nitrogens with one attached hydrogen (secondary N) is 1. The predicted molar refractivity (Wildman–Crippen MR) is 80.1 cm³/mol. The van der Waals surface area contributed by atoms with Crippen LogP contribution in [0.2, 0.25) is 0 Å². The van der Waals surface area contributed by atoms with Gasteiger partial charge in [0.05, 0.1) is 4.83 Å². The van der Waals surface area contributed by atoms with E-state index in [-0.39, 0.29) is 6.61 Å². The lowest BCUT2D eigenvalue weighted by molar-refractivity contribution is -0.155. The van der Waals surface area contributed by atoms with Crippen LogP contribution in [0.25, 0.3) is 0 Å². The third-order valence-corrected chi connectivity index (χ3v) is 4.12.